The van der Waals surface area contributed by atoms with Crippen LogP contribution in [0.25, 0.3) is 0 Å². The van der Waals surface area contributed by atoms with Crippen LogP contribution in [0.15, 0.2) is 0 Å². The van der Waals surface area contributed by atoms with Gasteiger partial charge < -0.3 is 4.74 Å². The largest absolute Gasteiger partial charge is 0.366 e. The summed E-state index contributed by atoms with van der Waals surface area (Å²) in [6, 6.07) is 0.344. The Hall–Kier alpha value is 0.250. The van der Waals surface area contributed by atoms with Gasteiger partial charge in [0.05, 0.1) is 0 Å². The summed E-state index contributed by atoms with van der Waals surface area (Å²) < 4.78 is 5.06. The van der Waals surface area contributed by atoms with Gasteiger partial charge in [-0.3, -0.25) is 0 Å². The van der Waals surface area contributed by atoms with E-state index in [2.05, 4.69) is 6.92 Å². The van der Waals surface area contributed by atoms with Gasteiger partial charge in [0.25, 0.3) is 0 Å². The van der Waals surface area contributed by atoms with E-state index in [1.165, 1.54) is 57.8 Å². The third-order valence-corrected chi connectivity index (χ3v) is 2.62. The predicted octanol–water partition coefficient (Wildman–Crippen LogP) is 4.73. The molecule has 0 fully saturated rings. The molecule has 0 N–H and O–H groups in total. The van der Waals surface area contributed by atoms with Gasteiger partial charge in [-0.25, -0.2) is 0 Å². The van der Waals surface area contributed by atoms with Crippen molar-refractivity contribution < 1.29 is 4.74 Å². The highest BCUT2D eigenvalue weighted by Gasteiger charge is 1.91. The average molecular weight is 221 g/mol. The lowest BCUT2D eigenvalue weighted by molar-refractivity contribution is 0.173. The summed E-state index contributed by atoms with van der Waals surface area (Å²) in [5.74, 6) is 0. The Balaban J connectivity index is 2.78. The standard InChI is InChI=1S/C12H25ClO/c1-2-3-4-5-6-7-8-9-10-11-14-12-13/h2-12H2,1H3. The molecular formula is C12H25ClO. The molecule has 14 heavy (non-hydrogen) atoms. The molecule has 0 heterocycles. The Morgan fingerprint density at radius 2 is 1.29 bits per heavy atom. The van der Waals surface area contributed by atoms with Gasteiger partial charge in [-0.05, 0) is 6.42 Å². The molecule has 0 bridgehead atoms. The highest BCUT2D eigenvalue weighted by molar-refractivity contribution is 6.17. The number of halogens is 1. The zero-order chi connectivity index (χ0) is 10.5. The summed E-state index contributed by atoms with van der Waals surface area (Å²) in [6.45, 7) is 3.09. The minimum Gasteiger partial charge on any atom is -0.366 e. The van der Waals surface area contributed by atoms with E-state index in [0.29, 0.717) is 6.07 Å². The van der Waals surface area contributed by atoms with Gasteiger partial charge in [-0.2, -0.15) is 0 Å². The number of hydrogen-bond acceptors (Lipinski definition) is 1. The molecule has 0 aromatic rings. The molecule has 0 radical (unpaired) electrons. The summed E-state index contributed by atoms with van der Waals surface area (Å²) >= 11 is 5.39. The van der Waals surface area contributed by atoms with E-state index in [9.17, 15) is 0 Å². The summed E-state index contributed by atoms with van der Waals surface area (Å²) in [5, 5.41) is 0. The lowest BCUT2D eigenvalue weighted by Gasteiger charge is -2.01. The molecule has 2 heteroatoms. The van der Waals surface area contributed by atoms with Crippen molar-refractivity contribution in [3.8, 4) is 0 Å². The first-order chi connectivity index (χ1) is 6.91. The van der Waals surface area contributed by atoms with E-state index in [0.717, 1.165) is 6.61 Å². The monoisotopic (exact) mass is 220 g/mol. The topological polar surface area (TPSA) is 9.23 Å². The summed E-state index contributed by atoms with van der Waals surface area (Å²) in [5.41, 5.74) is 0. The molecule has 0 atom stereocenters. The Labute approximate surface area is 94.2 Å². The third kappa shape index (κ3) is 12.2. The smallest absolute Gasteiger partial charge is 0.120 e. The second-order valence-corrected chi connectivity index (χ2v) is 4.06. The molecule has 0 saturated carbocycles. The van der Waals surface area contributed by atoms with Gasteiger partial charge >= 0.3 is 0 Å². The van der Waals surface area contributed by atoms with Crippen LogP contribution in [0, 0.1) is 0 Å². The van der Waals surface area contributed by atoms with Gasteiger partial charge in [0, 0.05) is 6.61 Å². The van der Waals surface area contributed by atoms with E-state index in [1.807, 2.05) is 0 Å². The van der Waals surface area contributed by atoms with Crippen LogP contribution in [0.1, 0.15) is 64.7 Å². The molecule has 0 amide bonds. The maximum atomic E-state index is 5.39. The quantitative estimate of drug-likeness (QED) is 0.361. The molecule has 0 aliphatic carbocycles. The van der Waals surface area contributed by atoms with Crippen LogP contribution in [0.3, 0.4) is 0 Å². The highest BCUT2D eigenvalue weighted by Crippen LogP contribution is 2.09. The molecule has 0 aromatic carbocycles. The van der Waals surface area contributed by atoms with Gasteiger partial charge in [0.1, 0.15) is 6.07 Å². The summed E-state index contributed by atoms with van der Waals surface area (Å²) in [6.07, 6.45) is 12.2. The molecule has 1 nitrogen and oxygen atoms in total. The van der Waals surface area contributed by atoms with Crippen molar-refractivity contribution in [3.63, 3.8) is 0 Å². The Morgan fingerprint density at radius 3 is 1.79 bits per heavy atom. The Bertz CT molecular complexity index is 84.3. The van der Waals surface area contributed by atoms with Crippen molar-refractivity contribution in [3.05, 3.63) is 0 Å². The molecular weight excluding hydrogens is 196 g/mol. The number of unbranched alkanes of at least 4 members (excludes halogenated alkanes) is 8. The van der Waals surface area contributed by atoms with Crippen molar-refractivity contribution >= 4 is 11.6 Å². The van der Waals surface area contributed by atoms with Crippen LogP contribution in [0.5, 0.6) is 0 Å². The first-order valence-electron chi connectivity index (χ1n) is 6.05. The van der Waals surface area contributed by atoms with Gasteiger partial charge in [0.15, 0.2) is 0 Å². The van der Waals surface area contributed by atoms with Gasteiger partial charge in [0.2, 0.25) is 0 Å². The van der Waals surface area contributed by atoms with Crippen LogP contribution in [-0.2, 0) is 4.74 Å². The van der Waals surface area contributed by atoms with E-state index in [-0.39, 0.29) is 0 Å². The fourth-order valence-electron chi connectivity index (χ4n) is 1.57. The van der Waals surface area contributed by atoms with E-state index < -0.39 is 0 Å². The normalized spacial score (nSPS) is 10.7. The number of ether oxygens (including phenoxy) is 1. The fourth-order valence-corrected chi connectivity index (χ4v) is 1.68. The lowest BCUT2D eigenvalue weighted by Crippen LogP contribution is -1.91. The minimum absolute atomic E-state index is 0.344. The lowest BCUT2D eigenvalue weighted by atomic mass is 10.1. The maximum absolute atomic E-state index is 5.39. The van der Waals surface area contributed by atoms with Crippen LogP contribution in [0.2, 0.25) is 0 Å². The average Bonchev–Trinajstić information content (AvgIpc) is 2.21. The first kappa shape index (κ1) is 14.2. The minimum atomic E-state index is 0.344. The van der Waals surface area contributed by atoms with Crippen LogP contribution < -0.4 is 0 Å². The van der Waals surface area contributed by atoms with Crippen molar-refractivity contribution in [2.75, 3.05) is 12.7 Å². The van der Waals surface area contributed by atoms with E-state index in [1.54, 1.807) is 0 Å². The Kier molecular flexibility index (Phi) is 13.5. The number of alkyl halides is 1. The maximum Gasteiger partial charge on any atom is 0.120 e. The molecule has 0 aliphatic rings. The second-order valence-electron chi connectivity index (χ2n) is 3.85. The molecule has 86 valence electrons. The first-order valence-corrected chi connectivity index (χ1v) is 6.59. The van der Waals surface area contributed by atoms with Crippen molar-refractivity contribution in [1.29, 1.82) is 0 Å². The molecule has 0 saturated heterocycles. The predicted molar refractivity (Wildman–Crippen MR) is 63.9 cm³/mol. The molecule has 0 rings (SSSR count). The molecule has 0 unspecified atom stereocenters. The fraction of sp³-hybridized carbons (Fsp3) is 1.00. The van der Waals surface area contributed by atoms with E-state index in [4.69, 9.17) is 16.3 Å². The zero-order valence-corrected chi connectivity index (χ0v) is 10.3. The van der Waals surface area contributed by atoms with Crippen LogP contribution >= 0.6 is 11.6 Å². The van der Waals surface area contributed by atoms with E-state index >= 15 is 0 Å². The van der Waals surface area contributed by atoms with Crippen LogP contribution in [-0.4, -0.2) is 12.7 Å². The van der Waals surface area contributed by atoms with Gasteiger partial charge in [-0.15, -0.1) is 0 Å². The van der Waals surface area contributed by atoms with Gasteiger partial charge in [-0.1, -0.05) is 69.9 Å². The van der Waals surface area contributed by atoms with Crippen molar-refractivity contribution in [1.82, 2.24) is 0 Å². The molecule has 0 spiro atoms. The summed E-state index contributed by atoms with van der Waals surface area (Å²) in [7, 11) is 0. The van der Waals surface area contributed by atoms with Crippen LogP contribution in [0.4, 0.5) is 0 Å². The number of rotatable bonds is 11. The zero-order valence-electron chi connectivity index (χ0n) is 9.56. The highest BCUT2D eigenvalue weighted by atomic mass is 35.5. The Morgan fingerprint density at radius 1 is 0.786 bits per heavy atom. The third-order valence-electron chi connectivity index (χ3n) is 2.47. The summed E-state index contributed by atoms with van der Waals surface area (Å²) in [4.78, 5) is 0. The second kappa shape index (κ2) is 13.2. The SMILES string of the molecule is CCCCCCCCCCCOCCl. The van der Waals surface area contributed by atoms with Crippen molar-refractivity contribution in [2.24, 2.45) is 0 Å². The molecule has 0 aromatic heterocycles. The number of hydrogen-bond donors (Lipinski definition) is 0. The van der Waals surface area contributed by atoms with Crippen molar-refractivity contribution in [2.45, 2.75) is 64.7 Å². The molecule has 0 aliphatic heterocycles.